The minimum Gasteiger partial charge on any atom is -0.495 e. The number of rotatable bonds is 5. The second-order valence-electron chi connectivity index (χ2n) is 5.39. The number of para-hydroxylation sites is 1. The van der Waals surface area contributed by atoms with Gasteiger partial charge in [0.15, 0.2) is 11.5 Å². The van der Waals surface area contributed by atoms with Crippen LogP contribution in [0.4, 0.5) is 17.2 Å². The number of anilines is 3. The Morgan fingerprint density at radius 2 is 1.96 bits per heavy atom. The van der Waals surface area contributed by atoms with Gasteiger partial charge in [-0.1, -0.05) is 23.7 Å². The monoisotopic (exact) mass is 379 g/mol. The predicted molar refractivity (Wildman–Crippen MR) is 102 cm³/mol. The van der Waals surface area contributed by atoms with Gasteiger partial charge in [-0.3, -0.25) is 4.79 Å². The van der Waals surface area contributed by atoms with Crippen molar-refractivity contribution in [3.8, 4) is 11.8 Å². The van der Waals surface area contributed by atoms with Crippen molar-refractivity contribution in [2.24, 2.45) is 0 Å². The van der Waals surface area contributed by atoms with Gasteiger partial charge in [0, 0.05) is 5.69 Å². The Morgan fingerprint density at radius 3 is 2.63 bits per heavy atom. The van der Waals surface area contributed by atoms with E-state index in [-0.39, 0.29) is 5.69 Å². The van der Waals surface area contributed by atoms with E-state index in [1.165, 1.54) is 13.2 Å². The van der Waals surface area contributed by atoms with Crippen LogP contribution in [0.25, 0.3) is 0 Å². The maximum absolute atomic E-state index is 12.3. The minimum absolute atomic E-state index is 0.140. The van der Waals surface area contributed by atoms with Gasteiger partial charge in [0.25, 0.3) is 5.91 Å². The molecule has 0 bridgehead atoms. The maximum Gasteiger partial charge on any atom is 0.276 e. The predicted octanol–water partition coefficient (Wildman–Crippen LogP) is 4.01. The first-order chi connectivity index (χ1) is 13.1. The first-order valence-electron chi connectivity index (χ1n) is 7.85. The average molecular weight is 380 g/mol. The van der Waals surface area contributed by atoms with Crippen molar-refractivity contribution in [3.05, 3.63) is 70.9 Å². The van der Waals surface area contributed by atoms with E-state index in [0.717, 1.165) is 0 Å². The number of benzene rings is 2. The minimum atomic E-state index is -0.423. The quantitative estimate of drug-likeness (QED) is 0.694. The number of ether oxygens (including phenoxy) is 1. The molecule has 0 unspecified atom stereocenters. The van der Waals surface area contributed by atoms with Crippen LogP contribution in [0.5, 0.6) is 5.75 Å². The first kappa shape index (κ1) is 18.2. The molecule has 1 aromatic heterocycles. The normalized spacial score (nSPS) is 9.96. The molecule has 134 valence electrons. The highest BCUT2D eigenvalue weighted by molar-refractivity contribution is 6.32. The molecule has 0 radical (unpaired) electrons. The van der Waals surface area contributed by atoms with Gasteiger partial charge in [-0.2, -0.15) is 5.26 Å². The summed E-state index contributed by atoms with van der Waals surface area (Å²) in [6.45, 7) is 0. The summed E-state index contributed by atoms with van der Waals surface area (Å²) in [6, 6.07) is 17.2. The van der Waals surface area contributed by atoms with Crippen LogP contribution in [0.2, 0.25) is 5.02 Å². The Hall–Kier alpha value is -3.63. The van der Waals surface area contributed by atoms with Crippen LogP contribution >= 0.6 is 11.6 Å². The molecule has 2 N–H and O–H groups in total. The van der Waals surface area contributed by atoms with Gasteiger partial charge in [-0.25, -0.2) is 0 Å². The van der Waals surface area contributed by atoms with Crippen molar-refractivity contribution >= 4 is 34.7 Å². The highest BCUT2D eigenvalue weighted by Crippen LogP contribution is 2.27. The largest absolute Gasteiger partial charge is 0.495 e. The fourth-order valence-electron chi connectivity index (χ4n) is 2.29. The van der Waals surface area contributed by atoms with E-state index in [1.54, 1.807) is 48.5 Å². The number of carbonyl (C=O) groups is 1. The van der Waals surface area contributed by atoms with Crippen molar-refractivity contribution in [2.45, 2.75) is 0 Å². The number of halogens is 1. The van der Waals surface area contributed by atoms with Crippen molar-refractivity contribution in [2.75, 3.05) is 17.7 Å². The molecule has 0 fully saturated rings. The lowest BCUT2D eigenvalue weighted by atomic mass is 10.2. The van der Waals surface area contributed by atoms with Crippen LogP contribution < -0.4 is 15.4 Å². The zero-order valence-corrected chi connectivity index (χ0v) is 15.0. The Labute approximate surface area is 160 Å². The molecule has 0 saturated carbocycles. The summed E-state index contributed by atoms with van der Waals surface area (Å²) in [4.78, 5) is 12.3. The van der Waals surface area contributed by atoms with E-state index in [4.69, 9.17) is 21.6 Å². The summed E-state index contributed by atoms with van der Waals surface area (Å²) >= 11 is 6.05. The highest BCUT2D eigenvalue weighted by Gasteiger charge is 2.11. The molecular formula is C19H14ClN5O2. The fourth-order valence-corrected chi connectivity index (χ4v) is 2.54. The van der Waals surface area contributed by atoms with Crippen LogP contribution in [0, 0.1) is 11.3 Å². The Bertz CT molecular complexity index is 1020. The van der Waals surface area contributed by atoms with E-state index in [0.29, 0.717) is 33.5 Å². The van der Waals surface area contributed by atoms with Crippen molar-refractivity contribution in [3.63, 3.8) is 0 Å². The molecule has 3 rings (SSSR count). The van der Waals surface area contributed by atoms with Crippen LogP contribution in [0.3, 0.4) is 0 Å². The molecular weight excluding hydrogens is 366 g/mol. The Kier molecular flexibility index (Phi) is 5.50. The van der Waals surface area contributed by atoms with Gasteiger partial charge in [-0.15, -0.1) is 10.2 Å². The first-order valence-corrected chi connectivity index (χ1v) is 8.23. The third kappa shape index (κ3) is 4.32. The molecule has 7 nitrogen and oxygen atoms in total. The molecule has 0 aliphatic heterocycles. The average Bonchev–Trinajstić information content (AvgIpc) is 2.69. The van der Waals surface area contributed by atoms with Crippen LogP contribution in [-0.4, -0.2) is 23.2 Å². The molecule has 0 aliphatic rings. The van der Waals surface area contributed by atoms with Gasteiger partial charge in [0.2, 0.25) is 0 Å². The second-order valence-corrected chi connectivity index (χ2v) is 5.80. The number of aromatic nitrogens is 2. The smallest absolute Gasteiger partial charge is 0.276 e. The molecule has 0 atom stereocenters. The van der Waals surface area contributed by atoms with Gasteiger partial charge in [0.1, 0.15) is 11.8 Å². The van der Waals surface area contributed by atoms with Crippen LogP contribution in [-0.2, 0) is 0 Å². The molecule has 27 heavy (non-hydrogen) atoms. The van der Waals surface area contributed by atoms with Crippen molar-refractivity contribution < 1.29 is 9.53 Å². The van der Waals surface area contributed by atoms with E-state index < -0.39 is 5.91 Å². The summed E-state index contributed by atoms with van der Waals surface area (Å²) in [6.07, 6.45) is 0. The molecule has 0 saturated heterocycles. The van der Waals surface area contributed by atoms with Crippen molar-refractivity contribution in [1.82, 2.24) is 10.2 Å². The lowest BCUT2D eigenvalue weighted by Crippen LogP contribution is -2.14. The number of methoxy groups -OCH3 is 1. The third-order valence-corrected chi connectivity index (χ3v) is 3.91. The van der Waals surface area contributed by atoms with Gasteiger partial charge in [-0.05, 0) is 42.5 Å². The van der Waals surface area contributed by atoms with Gasteiger partial charge < -0.3 is 15.4 Å². The molecule has 2 aromatic carbocycles. The lowest BCUT2D eigenvalue weighted by molar-refractivity contribution is 0.102. The molecule has 8 heteroatoms. The van der Waals surface area contributed by atoms with Gasteiger partial charge >= 0.3 is 0 Å². The van der Waals surface area contributed by atoms with E-state index in [9.17, 15) is 4.79 Å². The van der Waals surface area contributed by atoms with E-state index >= 15 is 0 Å². The topological polar surface area (TPSA) is 99.9 Å². The summed E-state index contributed by atoms with van der Waals surface area (Å²) in [7, 11) is 1.51. The molecule has 1 heterocycles. The molecule has 3 aromatic rings. The Morgan fingerprint density at radius 1 is 1.15 bits per heavy atom. The standard InChI is InChI=1S/C19H14ClN5O2/c1-27-17-8-6-13(10-14(17)20)22-19(26)16-7-9-18(25-24-16)23-15-5-3-2-4-12(15)11-21/h2-10H,1H3,(H,22,26)(H,23,25). The summed E-state index contributed by atoms with van der Waals surface area (Å²) < 4.78 is 5.07. The highest BCUT2D eigenvalue weighted by atomic mass is 35.5. The molecule has 0 spiro atoms. The van der Waals surface area contributed by atoms with Crippen LogP contribution in [0.15, 0.2) is 54.6 Å². The maximum atomic E-state index is 12.3. The molecule has 1 amide bonds. The van der Waals surface area contributed by atoms with Crippen LogP contribution in [0.1, 0.15) is 16.1 Å². The van der Waals surface area contributed by atoms with E-state index in [2.05, 4.69) is 26.9 Å². The third-order valence-electron chi connectivity index (χ3n) is 3.62. The number of nitriles is 1. The summed E-state index contributed by atoms with van der Waals surface area (Å²) in [5.74, 6) is 0.511. The lowest BCUT2D eigenvalue weighted by Gasteiger charge is -2.09. The van der Waals surface area contributed by atoms with Gasteiger partial charge in [0.05, 0.1) is 23.4 Å². The number of nitrogens with zero attached hydrogens (tertiary/aromatic N) is 3. The van der Waals surface area contributed by atoms with E-state index in [1.807, 2.05) is 0 Å². The number of nitrogens with one attached hydrogen (secondary N) is 2. The number of carbonyl (C=O) groups excluding carboxylic acids is 1. The molecule has 0 aliphatic carbocycles. The SMILES string of the molecule is COc1ccc(NC(=O)c2ccc(Nc3ccccc3C#N)nn2)cc1Cl. The fraction of sp³-hybridized carbons (Fsp3) is 0.0526. The number of hydrogen-bond acceptors (Lipinski definition) is 6. The van der Waals surface area contributed by atoms with Crippen molar-refractivity contribution in [1.29, 1.82) is 5.26 Å². The summed E-state index contributed by atoms with van der Waals surface area (Å²) in [5.41, 5.74) is 1.75. The number of amides is 1. The summed E-state index contributed by atoms with van der Waals surface area (Å²) in [5, 5.41) is 23.1. The second kappa shape index (κ2) is 8.17. The number of hydrogen-bond donors (Lipinski definition) is 2. The Balaban J connectivity index is 1.70. The zero-order chi connectivity index (χ0) is 19.2. The zero-order valence-electron chi connectivity index (χ0n) is 14.2.